The van der Waals surface area contributed by atoms with Crippen LogP contribution in [0.5, 0.6) is 5.75 Å². The van der Waals surface area contributed by atoms with Crippen molar-refractivity contribution in [3.8, 4) is 5.75 Å². The third kappa shape index (κ3) is 3.87. The van der Waals surface area contributed by atoms with E-state index in [-0.39, 0.29) is 0 Å². The maximum absolute atomic E-state index is 5.28. The second-order valence-corrected chi connectivity index (χ2v) is 5.53. The maximum Gasteiger partial charge on any atom is 0.121 e. The Bertz CT molecular complexity index is 406. The molecule has 1 unspecified atom stereocenters. The van der Waals surface area contributed by atoms with Crippen LogP contribution in [0.15, 0.2) is 18.2 Å². The number of methoxy groups -OCH3 is 1. The van der Waals surface area contributed by atoms with Gasteiger partial charge < -0.3 is 15.0 Å². The molecule has 1 atom stereocenters. The van der Waals surface area contributed by atoms with Crippen molar-refractivity contribution in [3.63, 3.8) is 0 Å². The summed E-state index contributed by atoms with van der Waals surface area (Å²) in [5.74, 6) is 0.956. The molecule has 0 saturated carbocycles. The summed E-state index contributed by atoms with van der Waals surface area (Å²) in [5, 5.41) is 3.52. The van der Waals surface area contributed by atoms with Crippen LogP contribution >= 0.6 is 0 Å². The summed E-state index contributed by atoms with van der Waals surface area (Å²) in [6.07, 6.45) is 5.32. The minimum absolute atomic E-state index is 0.751. The molecule has 1 aromatic rings. The molecule has 3 heteroatoms. The monoisotopic (exact) mass is 262 g/mol. The predicted octanol–water partition coefficient (Wildman–Crippen LogP) is 3.29. The fraction of sp³-hybridized carbons (Fsp3) is 0.625. The number of piperidine rings is 1. The Morgan fingerprint density at radius 1 is 1.37 bits per heavy atom. The van der Waals surface area contributed by atoms with Crippen molar-refractivity contribution in [3.05, 3.63) is 23.8 Å². The van der Waals surface area contributed by atoms with Crippen LogP contribution in [-0.2, 0) is 0 Å². The molecule has 1 fully saturated rings. The first-order valence-corrected chi connectivity index (χ1v) is 7.29. The maximum atomic E-state index is 5.28. The van der Waals surface area contributed by atoms with Crippen molar-refractivity contribution in [1.82, 2.24) is 4.90 Å². The van der Waals surface area contributed by atoms with Crippen LogP contribution < -0.4 is 10.1 Å². The number of benzene rings is 1. The minimum Gasteiger partial charge on any atom is -0.496 e. The van der Waals surface area contributed by atoms with Gasteiger partial charge in [-0.15, -0.1) is 0 Å². The summed E-state index contributed by atoms with van der Waals surface area (Å²) in [4.78, 5) is 2.50. The molecule has 1 aliphatic rings. The molecule has 2 rings (SSSR count). The Kier molecular flexibility index (Phi) is 5.08. The standard InChI is InChI=1S/C16H26N2O/c1-13-12-14(7-8-16(13)19-3)17-10-9-15-6-4-5-11-18(15)2/h7-8,12,15,17H,4-6,9-11H2,1-3H3. The molecule has 0 aliphatic carbocycles. The quantitative estimate of drug-likeness (QED) is 0.881. The molecule has 1 N–H and O–H groups in total. The fourth-order valence-electron chi connectivity index (χ4n) is 2.88. The van der Waals surface area contributed by atoms with Gasteiger partial charge in [0.15, 0.2) is 0 Å². The topological polar surface area (TPSA) is 24.5 Å². The van der Waals surface area contributed by atoms with E-state index in [1.165, 1.54) is 43.5 Å². The Labute approximate surface area is 116 Å². The first kappa shape index (κ1) is 14.2. The fourth-order valence-corrected chi connectivity index (χ4v) is 2.88. The van der Waals surface area contributed by atoms with Gasteiger partial charge in [-0.05, 0) is 63.5 Å². The Hall–Kier alpha value is -1.22. The van der Waals surface area contributed by atoms with Crippen molar-refractivity contribution in [2.24, 2.45) is 0 Å². The van der Waals surface area contributed by atoms with Gasteiger partial charge in [0.25, 0.3) is 0 Å². The van der Waals surface area contributed by atoms with E-state index < -0.39 is 0 Å². The largest absolute Gasteiger partial charge is 0.496 e. The van der Waals surface area contributed by atoms with Gasteiger partial charge in [-0.25, -0.2) is 0 Å². The molecule has 0 radical (unpaired) electrons. The van der Waals surface area contributed by atoms with Gasteiger partial charge in [0, 0.05) is 18.3 Å². The zero-order valence-electron chi connectivity index (χ0n) is 12.4. The molecule has 1 heterocycles. The highest BCUT2D eigenvalue weighted by Gasteiger charge is 2.17. The number of rotatable bonds is 5. The van der Waals surface area contributed by atoms with Crippen LogP contribution in [0, 0.1) is 6.92 Å². The summed E-state index contributed by atoms with van der Waals surface area (Å²) in [5.41, 5.74) is 2.37. The van der Waals surface area contributed by atoms with Crippen LogP contribution in [-0.4, -0.2) is 38.2 Å². The zero-order chi connectivity index (χ0) is 13.7. The first-order chi connectivity index (χ1) is 9.20. The summed E-state index contributed by atoms with van der Waals surface area (Å²) in [6, 6.07) is 7.03. The summed E-state index contributed by atoms with van der Waals surface area (Å²) >= 11 is 0. The van der Waals surface area contributed by atoms with Gasteiger partial charge in [0.2, 0.25) is 0 Å². The summed E-state index contributed by atoms with van der Waals surface area (Å²) in [6.45, 7) is 4.38. The van der Waals surface area contributed by atoms with E-state index in [1.807, 2.05) is 6.07 Å². The molecule has 0 bridgehead atoms. The van der Waals surface area contributed by atoms with Crippen LogP contribution in [0.3, 0.4) is 0 Å². The second kappa shape index (κ2) is 6.80. The van der Waals surface area contributed by atoms with Gasteiger partial charge in [0.05, 0.1) is 7.11 Å². The third-order valence-corrected chi connectivity index (χ3v) is 4.12. The number of nitrogens with zero attached hydrogens (tertiary/aromatic N) is 1. The van der Waals surface area contributed by atoms with Gasteiger partial charge in [-0.1, -0.05) is 6.42 Å². The van der Waals surface area contributed by atoms with E-state index in [2.05, 4.69) is 36.3 Å². The van der Waals surface area contributed by atoms with Crippen molar-refractivity contribution in [1.29, 1.82) is 0 Å². The van der Waals surface area contributed by atoms with E-state index in [4.69, 9.17) is 4.74 Å². The number of hydrogen-bond acceptors (Lipinski definition) is 3. The van der Waals surface area contributed by atoms with Crippen LogP contribution in [0.4, 0.5) is 5.69 Å². The molecule has 0 spiro atoms. The predicted molar refractivity (Wildman–Crippen MR) is 81.1 cm³/mol. The Balaban J connectivity index is 1.80. The van der Waals surface area contributed by atoms with E-state index in [0.29, 0.717) is 0 Å². The first-order valence-electron chi connectivity index (χ1n) is 7.29. The van der Waals surface area contributed by atoms with Gasteiger partial charge in [-0.2, -0.15) is 0 Å². The molecule has 0 aromatic heterocycles. The van der Waals surface area contributed by atoms with E-state index in [1.54, 1.807) is 7.11 Å². The molecule has 1 saturated heterocycles. The Morgan fingerprint density at radius 2 is 2.21 bits per heavy atom. The third-order valence-electron chi connectivity index (χ3n) is 4.12. The molecule has 106 valence electrons. The van der Waals surface area contributed by atoms with Crippen molar-refractivity contribution < 1.29 is 4.74 Å². The van der Waals surface area contributed by atoms with Crippen LogP contribution in [0.25, 0.3) is 0 Å². The lowest BCUT2D eigenvalue weighted by atomic mass is 10.0. The van der Waals surface area contributed by atoms with Crippen LogP contribution in [0.2, 0.25) is 0 Å². The highest BCUT2D eigenvalue weighted by atomic mass is 16.5. The van der Waals surface area contributed by atoms with E-state index in [0.717, 1.165) is 18.3 Å². The highest BCUT2D eigenvalue weighted by Crippen LogP contribution is 2.22. The average Bonchev–Trinajstić information content (AvgIpc) is 2.41. The normalized spacial score (nSPS) is 20.3. The van der Waals surface area contributed by atoms with Crippen molar-refractivity contribution >= 4 is 5.69 Å². The van der Waals surface area contributed by atoms with E-state index in [9.17, 15) is 0 Å². The molecule has 19 heavy (non-hydrogen) atoms. The number of ether oxygens (including phenoxy) is 1. The van der Waals surface area contributed by atoms with Crippen LogP contribution in [0.1, 0.15) is 31.2 Å². The average molecular weight is 262 g/mol. The van der Waals surface area contributed by atoms with Gasteiger partial charge in [-0.3, -0.25) is 0 Å². The molecular weight excluding hydrogens is 236 g/mol. The van der Waals surface area contributed by atoms with Crippen molar-refractivity contribution in [2.45, 2.75) is 38.6 Å². The molecular formula is C16H26N2O. The Morgan fingerprint density at radius 3 is 2.89 bits per heavy atom. The molecule has 3 nitrogen and oxygen atoms in total. The van der Waals surface area contributed by atoms with Gasteiger partial charge in [0.1, 0.15) is 5.75 Å². The summed E-state index contributed by atoms with van der Waals surface area (Å²) < 4.78 is 5.28. The number of likely N-dealkylation sites (tertiary alicyclic amines) is 1. The SMILES string of the molecule is COc1ccc(NCCC2CCCCN2C)cc1C. The number of nitrogens with one attached hydrogen (secondary N) is 1. The van der Waals surface area contributed by atoms with Gasteiger partial charge >= 0.3 is 0 Å². The summed E-state index contributed by atoms with van der Waals surface area (Å²) in [7, 11) is 3.97. The molecule has 1 aliphatic heterocycles. The number of hydrogen-bond donors (Lipinski definition) is 1. The lowest BCUT2D eigenvalue weighted by Gasteiger charge is -2.32. The smallest absolute Gasteiger partial charge is 0.121 e. The number of anilines is 1. The molecule has 1 aromatic carbocycles. The highest BCUT2D eigenvalue weighted by molar-refractivity contribution is 5.50. The number of aryl methyl sites for hydroxylation is 1. The van der Waals surface area contributed by atoms with Crippen molar-refractivity contribution in [2.75, 3.05) is 32.6 Å². The lowest BCUT2D eigenvalue weighted by Crippen LogP contribution is -2.37. The van der Waals surface area contributed by atoms with E-state index >= 15 is 0 Å². The second-order valence-electron chi connectivity index (χ2n) is 5.53. The molecule has 0 amide bonds. The zero-order valence-corrected chi connectivity index (χ0v) is 12.4. The minimum atomic E-state index is 0.751. The lowest BCUT2D eigenvalue weighted by molar-refractivity contribution is 0.179.